The van der Waals surface area contributed by atoms with Gasteiger partial charge in [0.25, 0.3) is 0 Å². The Bertz CT molecular complexity index is 886. The first-order chi connectivity index (χ1) is 13.3. The minimum absolute atomic E-state index is 0.104. The summed E-state index contributed by atoms with van der Waals surface area (Å²) in [4.78, 5) is 28.5. The van der Waals surface area contributed by atoms with E-state index in [2.05, 4.69) is 30.6 Å². The number of aromatic amines is 1. The highest BCUT2D eigenvalue weighted by atomic mass is 16.1. The van der Waals surface area contributed by atoms with Gasteiger partial charge in [0.1, 0.15) is 5.82 Å². The Hall–Kier alpha value is -2.96. The van der Waals surface area contributed by atoms with Gasteiger partial charge in [-0.25, -0.2) is 9.97 Å². The van der Waals surface area contributed by atoms with E-state index in [1.54, 1.807) is 18.7 Å². The number of H-pyrrole nitrogens is 1. The molecule has 7 nitrogen and oxygen atoms in total. The zero-order chi connectivity index (χ0) is 18.5. The maximum absolute atomic E-state index is 12.4. The number of benzene rings is 1. The molecule has 1 aliphatic carbocycles. The van der Waals surface area contributed by atoms with Crippen LogP contribution in [0.3, 0.4) is 0 Å². The lowest BCUT2D eigenvalue weighted by atomic mass is 9.85. The fourth-order valence-electron chi connectivity index (χ4n) is 3.62. The molecule has 1 amide bonds. The predicted octanol–water partition coefficient (Wildman–Crippen LogP) is 2.68. The molecular weight excluding hydrogens is 340 g/mol. The van der Waals surface area contributed by atoms with Crippen LogP contribution >= 0.6 is 0 Å². The molecule has 2 aromatic heterocycles. The number of carbonyl (C=O) groups excluding carboxylic acids is 1. The van der Waals surface area contributed by atoms with Crippen molar-refractivity contribution in [2.45, 2.75) is 38.1 Å². The van der Waals surface area contributed by atoms with Crippen LogP contribution in [-0.4, -0.2) is 38.4 Å². The molecule has 1 saturated carbocycles. The summed E-state index contributed by atoms with van der Waals surface area (Å²) < 4.78 is 0. The molecule has 1 aliphatic rings. The number of para-hydroxylation sites is 2. The van der Waals surface area contributed by atoms with Crippen LogP contribution in [0.5, 0.6) is 0 Å². The van der Waals surface area contributed by atoms with Crippen LogP contribution in [0.15, 0.2) is 43.0 Å². The largest absolute Gasteiger partial charge is 0.366 e. The monoisotopic (exact) mass is 364 g/mol. The van der Waals surface area contributed by atoms with E-state index >= 15 is 0 Å². The van der Waals surface area contributed by atoms with E-state index in [0.717, 1.165) is 54.6 Å². The molecule has 27 heavy (non-hydrogen) atoms. The van der Waals surface area contributed by atoms with Gasteiger partial charge < -0.3 is 15.6 Å². The number of rotatable bonds is 6. The lowest BCUT2D eigenvalue weighted by Gasteiger charge is -2.28. The van der Waals surface area contributed by atoms with Gasteiger partial charge in [0.05, 0.1) is 23.6 Å². The molecule has 0 bridgehead atoms. The van der Waals surface area contributed by atoms with Crippen LogP contribution in [0.25, 0.3) is 11.0 Å². The summed E-state index contributed by atoms with van der Waals surface area (Å²) in [5.41, 5.74) is 2.84. The molecule has 0 spiro atoms. The van der Waals surface area contributed by atoms with E-state index in [1.165, 1.54) is 0 Å². The number of anilines is 1. The lowest BCUT2D eigenvalue weighted by Crippen LogP contribution is -2.36. The molecule has 0 atom stereocenters. The molecule has 140 valence electrons. The van der Waals surface area contributed by atoms with Crippen molar-refractivity contribution in [2.24, 2.45) is 5.92 Å². The van der Waals surface area contributed by atoms with E-state index in [9.17, 15) is 4.79 Å². The van der Waals surface area contributed by atoms with E-state index in [4.69, 9.17) is 0 Å². The Labute approximate surface area is 158 Å². The van der Waals surface area contributed by atoms with Gasteiger partial charge in [-0.15, -0.1) is 0 Å². The Morgan fingerprint density at radius 3 is 2.70 bits per heavy atom. The van der Waals surface area contributed by atoms with E-state index < -0.39 is 0 Å². The maximum Gasteiger partial charge on any atom is 0.223 e. The van der Waals surface area contributed by atoms with Crippen LogP contribution in [-0.2, 0) is 11.2 Å². The fourth-order valence-corrected chi connectivity index (χ4v) is 3.62. The minimum Gasteiger partial charge on any atom is -0.366 e. The second-order valence-electron chi connectivity index (χ2n) is 7.05. The van der Waals surface area contributed by atoms with Crippen LogP contribution in [0, 0.1) is 5.92 Å². The van der Waals surface area contributed by atoms with Gasteiger partial charge >= 0.3 is 0 Å². The summed E-state index contributed by atoms with van der Waals surface area (Å²) in [6.45, 7) is 0.645. The molecule has 1 fully saturated rings. The zero-order valence-corrected chi connectivity index (χ0v) is 15.2. The lowest BCUT2D eigenvalue weighted by molar-refractivity contribution is -0.125. The molecule has 1 aromatic carbocycles. The smallest absolute Gasteiger partial charge is 0.223 e. The SMILES string of the molecule is O=C(NCCc1cnc[nH]1)C1CCC(Nc2cnc3ccccc3n2)CC1. The van der Waals surface area contributed by atoms with Crippen LogP contribution in [0.4, 0.5) is 5.82 Å². The van der Waals surface area contributed by atoms with Crippen molar-refractivity contribution >= 4 is 22.8 Å². The van der Waals surface area contributed by atoms with Gasteiger partial charge in [0.15, 0.2) is 0 Å². The second-order valence-corrected chi connectivity index (χ2v) is 7.05. The van der Waals surface area contributed by atoms with Crippen molar-refractivity contribution in [2.75, 3.05) is 11.9 Å². The summed E-state index contributed by atoms with van der Waals surface area (Å²) in [6.07, 6.45) is 9.74. The van der Waals surface area contributed by atoms with Crippen molar-refractivity contribution in [1.29, 1.82) is 0 Å². The van der Waals surface area contributed by atoms with Crippen molar-refractivity contribution < 1.29 is 4.79 Å². The normalized spacial score (nSPS) is 19.7. The third kappa shape index (κ3) is 4.42. The average Bonchev–Trinajstić information content (AvgIpc) is 3.22. The van der Waals surface area contributed by atoms with Crippen molar-refractivity contribution in [1.82, 2.24) is 25.3 Å². The topological polar surface area (TPSA) is 95.6 Å². The molecule has 0 saturated heterocycles. The highest BCUT2D eigenvalue weighted by molar-refractivity contribution is 5.78. The van der Waals surface area contributed by atoms with E-state index in [-0.39, 0.29) is 11.8 Å². The zero-order valence-electron chi connectivity index (χ0n) is 15.2. The van der Waals surface area contributed by atoms with Gasteiger partial charge in [0.2, 0.25) is 5.91 Å². The number of fused-ring (bicyclic) bond motifs is 1. The minimum atomic E-state index is 0.104. The van der Waals surface area contributed by atoms with Crippen molar-refractivity contribution in [3.8, 4) is 0 Å². The standard InChI is InChI=1S/C20H24N6O/c27-20(22-10-9-16-11-21-13-24-16)14-5-7-15(8-6-14)25-19-12-23-17-3-1-2-4-18(17)26-19/h1-4,11-15H,5-10H2,(H,21,24)(H,22,27)(H,25,26). The van der Waals surface area contributed by atoms with Gasteiger partial charge in [-0.2, -0.15) is 0 Å². The van der Waals surface area contributed by atoms with E-state index in [1.807, 2.05) is 24.3 Å². The van der Waals surface area contributed by atoms with Gasteiger partial charge in [-0.3, -0.25) is 9.78 Å². The van der Waals surface area contributed by atoms with Crippen molar-refractivity contribution in [3.05, 3.63) is 48.7 Å². The summed E-state index contributed by atoms with van der Waals surface area (Å²) in [6, 6.07) is 8.21. The molecule has 7 heteroatoms. The number of amides is 1. The molecular formula is C20H24N6O. The number of aromatic nitrogens is 4. The Morgan fingerprint density at radius 2 is 1.93 bits per heavy atom. The summed E-state index contributed by atoms with van der Waals surface area (Å²) in [7, 11) is 0. The first-order valence-corrected chi connectivity index (χ1v) is 9.51. The predicted molar refractivity (Wildman–Crippen MR) is 104 cm³/mol. The van der Waals surface area contributed by atoms with Crippen LogP contribution in [0.2, 0.25) is 0 Å². The highest BCUT2D eigenvalue weighted by Crippen LogP contribution is 2.26. The Morgan fingerprint density at radius 1 is 1.11 bits per heavy atom. The summed E-state index contributed by atoms with van der Waals surface area (Å²) >= 11 is 0. The molecule has 3 N–H and O–H groups in total. The average molecular weight is 364 g/mol. The highest BCUT2D eigenvalue weighted by Gasteiger charge is 2.26. The molecule has 0 radical (unpaired) electrons. The summed E-state index contributed by atoms with van der Waals surface area (Å²) in [5.74, 6) is 1.08. The second kappa shape index (κ2) is 8.16. The van der Waals surface area contributed by atoms with Crippen LogP contribution in [0.1, 0.15) is 31.4 Å². The van der Waals surface area contributed by atoms with Gasteiger partial charge in [-0.05, 0) is 37.8 Å². The number of imidazole rings is 1. The molecule has 4 rings (SSSR count). The number of nitrogens with one attached hydrogen (secondary N) is 3. The number of hydrogen-bond acceptors (Lipinski definition) is 5. The fraction of sp³-hybridized carbons (Fsp3) is 0.400. The van der Waals surface area contributed by atoms with Crippen LogP contribution < -0.4 is 10.6 Å². The number of carbonyl (C=O) groups is 1. The maximum atomic E-state index is 12.4. The Kier molecular flexibility index (Phi) is 5.27. The first kappa shape index (κ1) is 17.5. The molecule has 0 aliphatic heterocycles. The van der Waals surface area contributed by atoms with E-state index in [0.29, 0.717) is 12.6 Å². The molecule has 0 unspecified atom stereocenters. The van der Waals surface area contributed by atoms with Gasteiger partial charge in [0, 0.05) is 36.8 Å². The third-order valence-electron chi connectivity index (χ3n) is 5.15. The molecule has 2 heterocycles. The first-order valence-electron chi connectivity index (χ1n) is 9.51. The van der Waals surface area contributed by atoms with Crippen molar-refractivity contribution in [3.63, 3.8) is 0 Å². The quantitative estimate of drug-likeness (QED) is 0.625. The summed E-state index contributed by atoms with van der Waals surface area (Å²) in [5, 5.41) is 6.52. The number of nitrogens with zero attached hydrogens (tertiary/aromatic N) is 3. The van der Waals surface area contributed by atoms with Gasteiger partial charge in [-0.1, -0.05) is 12.1 Å². The third-order valence-corrected chi connectivity index (χ3v) is 5.15. The Balaban J connectivity index is 1.23. The molecule has 3 aromatic rings. The number of hydrogen-bond donors (Lipinski definition) is 3.